The summed E-state index contributed by atoms with van der Waals surface area (Å²) in [7, 11) is 0. The highest BCUT2D eigenvalue weighted by Gasteiger charge is 2.27. The van der Waals surface area contributed by atoms with E-state index in [1.807, 2.05) is 0 Å². The highest BCUT2D eigenvalue weighted by atomic mass is 16.4. The van der Waals surface area contributed by atoms with Crippen molar-refractivity contribution in [3.63, 3.8) is 0 Å². The Hall–Kier alpha value is -2.85. The average molecular weight is 367 g/mol. The molecule has 1 aromatic rings. The van der Waals surface area contributed by atoms with E-state index >= 15 is 0 Å². The molecule has 1 aromatic carbocycles. The van der Waals surface area contributed by atoms with Crippen LogP contribution in [-0.4, -0.2) is 57.9 Å². The van der Waals surface area contributed by atoms with Crippen LogP contribution < -0.4 is 22.5 Å². The SMILES string of the molecule is NC(N)=NCCC[C@H](NC(=O)C(O)C(N)Cc1ccc(O)cc1)C(=O)O. The first kappa shape index (κ1) is 21.2. The van der Waals surface area contributed by atoms with Gasteiger partial charge in [-0.15, -0.1) is 0 Å². The molecule has 0 heterocycles. The second kappa shape index (κ2) is 10.2. The van der Waals surface area contributed by atoms with Gasteiger partial charge < -0.3 is 37.8 Å². The number of carbonyl (C=O) groups excluding carboxylic acids is 1. The summed E-state index contributed by atoms with van der Waals surface area (Å²) in [6, 6.07) is 4.03. The van der Waals surface area contributed by atoms with E-state index in [-0.39, 0.29) is 31.1 Å². The van der Waals surface area contributed by atoms with E-state index in [1.54, 1.807) is 12.1 Å². The number of aliphatic imine (C=N–C) groups is 1. The van der Waals surface area contributed by atoms with Crippen molar-refractivity contribution in [2.24, 2.45) is 22.2 Å². The quantitative estimate of drug-likeness (QED) is 0.143. The Labute approximate surface area is 150 Å². The summed E-state index contributed by atoms with van der Waals surface area (Å²) in [5.74, 6) is -2.12. The van der Waals surface area contributed by atoms with E-state index in [1.165, 1.54) is 12.1 Å². The van der Waals surface area contributed by atoms with Crippen molar-refractivity contribution in [2.45, 2.75) is 37.5 Å². The number of benzene rings is 1. The Morgan fingerprint density at radius 3 is 2.35 bits per heavy atom. The maximum atomic E-state index is 12.1. The molecule has 1 rings (SSSR count). The number of phenolic OH excluding ortho intramolecular Hbond substituents is 1. The van der Waals surface area contributed by atoms with Gasteiger partial charge in [0, 0.05) is 12.6 Å². The van der Waals surface area contributed by atoms with Crippen LogP contribution in [0.15, 0.2) is 29.3 Å². The number of carbonyl (C=O) groups is 2. The predicted molar refractivity (Wildman–Crippen MR) is 95.3 cm³/mol. The van der Waals surface area contributed by atoms with Crippen LogP contribution in [0.25, 0.3) is 0 Å². The first-order valence-electron chi connectivity index (χ1n) is 8.00. The van der Waals surface area contributed by atoms with Gasteiger partial charge in [0.2, 0.25) is 0 Å². The van der Waals surface area contributed by atoms with Gasteiger partial charge in [-0.2, -0.15) is 0 Å². The van der Waals surface area contributed by atoms with Crippen molar-refractivity contribution >= 4 is 17.8 Å². The largest absolute Gasteiger partial charge is 0.508 e. The summed E-state index contributed by atoms with van der Waals surface area (Å²) in [5.41, 5.74) is 16.9. The number of hydrogen-bond donors (Lipinski definition) is 7. The second-order valence-electron chi connectivity index (χ2n) is 5.83. The molecule has 0 bridgehead atoms. The molecule has 144 valence electrons. The van der Waals surface area contributed by atoms with Crippen LogP contribution in [0.1, 0.15) is 18.4 Å². The maximum absolute atomic E-state index is 12.1. The fraction of sp³-hybridized carbons (Fsp3) is 0.438. The van der Waals surface area contributed by atoms with Gasteiger partial charge in [0.25, 0.3) is 5.91 Å². The van der Waals surface area contributed by atoms with Gasteiger partial charge >= 0.3 is 5.97 Å². The number of aromatic hydroxyl groups is 1. The third-order valence-corrected chi connectivity index (χ3v) is 3.64. The summed E-state index contributed by atoms with van der Waals surface area (Å²) in [6.07, 6.45) is -0.969. The first-order chi connectivity index (χ1) is 12.2. The molecular weight excluding hydrogens is 342 g/mol. The lowest BCUT2D eigenvalue weighted by atomic mass is 10.0. The van der Waals surface area contributed by atoms with Gasteiger partial charge in [0.1, 0.15) is 17.9 Å². The molecule has 3 atom stereocenters. The number of nitrogens with one attached hydrogen (secondary N) is 1. The number of aliphatic hydroxyl groups excluding tert-OH is 1. The number of rotatable bonds is 10. The van der Waals surface area contributed by atoms with E-state index in [9.17, 15) is 24.9 Å². The van der Waals surface area contributed by atoms with Gasteiger partial charge in [0.05, 0.1) is 0 Å². The minimum absolute atomic E-state index is 0.0886. The molecule has 0 aromatic heterocycles. The van der Waals surface area contributed by atoms with Crippen molar-refractivity contribution in [2.75, 3.05) is 6.54 Å². The number of carboxylic acid groups (broad SMARTS) is 1. The number of nitrogens with two attached hydrogens (primary N) is 3. The summed E-state index contributed by atoms with van der Waals surface area (Å²) < 4.78 is 0. The smallest absolute Gasteiger partial charge is 0.326 e. The zero-order chi connectivity index (χ0) is 19.7. The third-order valence-electron chi connectivity index (χ3n) is 3.64. The molecule has 0 radical (unpaired) electrons. The van der Waals surface area contributed by atoms with Crippen LogP contribution >= 0.6 is 0 Å². The molecule has 0 fully saturated rings. The molecule has 0 aliphatic heterocycles. The molecule has 2 unspecified atom stereocenters. The van der Waals surface area contributed by atoms with Gasteiger partial charge in [-0.1, -0.05) is 12.1 Å². The number of phenols is 1. The van der Waals surface area contributed by atoms with Crippen LogP contribution in [0.4, 0.5) is 0 Å². The second-order valence-corrected chi connectivity index (χ2v) is 5.83. The molecule has 10 N–H and O–H groups in total. The number of carboxylic acids is 1. The molecule has 0 saturated heterocycles. The fourth-order valence-electron chi connectivity index (χ4n) is 2.23. The summed E-state index contributed by atoms with van der Waals surface area (Å²) in [5, 5.41) is 30.7. The fourth-order valence-corrected chi connectivity index (χ4v) is 2.23. The first-order valence-corrected chi connectivity index (χ1v) is 8.00. The molecule has 0 saturated carbocycles. The van der Waals surface area contributed by atoms with Gasteiger partial charge in [0.15, 0.2) is 5.96 Å². The van der Waals surface area contributed by atoms with Gasteiger partial charge in [-0.05, 0) is 37.0 Å². The highest BCUT2D eigenvalue weighted by molar-refractivity contribution is 5.86. The number of aliphatic carboxylic acids is 1. The normalized spacial score (nSPS) is 14.1. The van der Waals surface area contributed by atoms with E-state index in [0.29, 0.717) is 12.0 Å². The molecule has 26 heavy (non-hydrogen) atoms. The van der Waals surface area contributed by atoms with Gasteiger partial charge in [-0.25, -0.2) is 4.79 Å². The minimum Gasteiger partial charge on any atom is -0.508 e. The van der Waals surface area contributed by atoms with Crippen LogP contribution in [0, 0.1) is 0 Å². The molecule has 0 aliphatic carbocycles. The van der Waals surface area contributed by atoms with Crippen LogP contribution in [0.5, 0.6) is 5.75 Å². The zero-order valence-corrected chi connectivity index (χ0v) is 14.2. The predicted octanol–water partition coefficient (Wildman–Crippen LogP) is -1.75. The summed E-state index contributed by atoms with van der Waals surface area (Å²) >= 11 is 0. The standard InChI is InChI=1S/C16H25N5O5/c17-11(8-9-3-5-10(22)6-4-9)13(23)14(24)21-12(15(25)26)2-1-7-20-16(18)19/h3-6,11-13,22-23H,1-2,7-8,17H2,(H,21,24)(H,25,26)(H4,18,19,20)/t11?,12-,13?/m0/s1. The van der Waals surface area contributed by atoms with Crippen LogP contribution in [0.2, 0.25) is 0 Å². The van der Waals surface area contributed by atoms with Crippen LogP contribution in [0.3, 0.4) is 0 Å². The Bertz CT molecular complexity index is 630. The summed E-state index contributed by atoms with van der Waals surface area (Å²) in [4.78, 5) is 27.0. The number of nitrogens with zero attached hydrogens (tertiary/aromatic N) is 1. The van der Waals surface area contributed by atoms with Crippen LogP contribution in [-0.2, 0) is 16.0 Å². The number of guanidine groups is 1. The number of aliphatic hydroxyl groups is 1. The van der Waals surface area contributed by atoms with E-state index in [2.05, 4.69) is 10.3 Å². The number of amides is 1. The Kier molecular flexibility index (Phi) is 8.32. The lowest BCUT2D eigenvalue weighted by molar-refractivity contribution is -0.143. The third kappa shape index (κ3) is 7.36. The lowest BCUT2D eigenvalue weighted by Crippen LogP contribution is -2.52. The van der Waals surface area contributed by atoms with E-state index in [0.717, 1.165) is 0 Å². The Morgan fingerprint density at radius 2 is 1.81 bits per heavy atom. The molecule has 0 aliphatic rings. The molecule has 1 amide bonds. The topological polar surface area (TPSA) is 197 Å². The van der Waals surface area contributed by atoms with Crippen molar-refractivity contribution in [3.05, 3.63) is 29.8 Å². The number of hydrogen-bond acceptors (Lipinski definition) is 6. The molecule has 10 nitrogen and oxygen atoms in total. The highest BCUT2D eigenvalue weighted by Crippen LogP contribution is 2.12. The van der Waals surface area contributed by atoms with Crippen molar-refractivity contribution in [3.8, 4) is 5.75 Å². The minimum atomic E-state index is -1.58. The maximum Gasteiger partial charge on any atom is 0.326 e. The van der Waals surface area contributed by atoms with Crippen molar-refractivity contribution in [1.29, 1.82) is 0 Å². The van der Waals surface area contributed by atoms with E-state index in [4.69, 9.17) is 17.2 Å². The molecule has 0 spiro atoms. The summed E-state index contributed by atoms with van der Waals surface area (Å²) in [6.45, 7) is 0.227. The van der Waals surface area contributed by atoms with Crippen molar-refractivity contribution in [1.82, 2.24) is 5.32 Å². The monoisotopic (exact) mass is 367 g/mol. The van der Waals surface area contributed by atoms with Crippen molar-refractivity contribution < 1.29 is 24.9 Å². The zero-order valence-electron chi connectivity index (χ0n) is 14.2. The molecular formula is C16H25N5O5. The average Bonchev–Trinajstić information content (AvgIpc) is 2.58. The Morgan fingerprint density at radius 1 is 1.19 bits per heavy atom. The Balaban J connectivity index is 2.56. The van der Waals surface area contributed by atoms with Gasteiger partial charge in [-0.3, -0.25) is 9.79 Å². The lowest BCUT2D eigenvalue weighted by Gasteiger charge is -2.21. The van der Waals surface area contributed by atoms with E-state index < -0.39 is 30.1 Å². The molecule has 10 heteroatoms.